The molecule has 1 rings (SSSR count). The average molecular weight is 199 g/mol. The molecule has 3 nitrogen and oxygen atoms in total. The fourth-order valence-electron chi connectivity index (χ4n) is 1.99. The van der Waals surface area contributed by atoms with Gasteiger partial charge in [-0.05, 0) is 45.7 Å². The van der Waals surface area contributed by atoms with E-state index in [0.717, 1.165) is 25.9 Å². The lowest BCUT2D eigenvalue weighted by molar-refractivity contribution is -0.142. The van der Waals surface area contributed by atoms with Gasteiger partial charge in [0.2, 0.25) is 0 Å². The van der Waals surface area contributed by atoms with E-state index in [1.807, 2.05) is 0 Å². The quantitative estimate of drug-likeness (QED) is 0.648. The van der Waals surface area contributed by atoms with Gasteiger partial charge in [0, 0.05) is 12.5 Å². The monoisotopic (exact) mass is 199 g/mol. The summed E-state index contributed by atoms with van der Waals surface area (Å²) < 4.78 is 4.67. The first-order chi connectivity index (χ1) is 6.63. The Balaban J connectivity index is 2.25. The summed E-state index contributed by atoms with van der Waals surface area (Å²) in [6.45, 7) is 6.69. The van der Waals surface area contributed by atoms with Crippen molar-refractivity contribution in [3.05, 3.63) is 0 Å². The van der Waals surface area contributed by atoms with E-state index in [2.05, 4.69) is 23.5 Å². The van der Waals surface area contributed by atoms with Gasteiger partial charge in [0.1, 0.15) is 0 Å². The number of piperidine rings is 1. The minimum absolute atomic E-state index is 0.0620. The molecule has 0 N–H and O–H groups in total. The van der Waals surface area contributed by atoms with Crippen LogP contribution in [-0.2, 0) is 9.53 Å². The van der Waals surface area contributed by atoms with E-state index in [0.29, 0.717) is 18.4 Å². The van der Waals surface area contributed by atoms with Crippen molar-refractivity contribution in [2.75, 3.05) is 20.2 Å². The zero-order chi connectivity index (χ0) is 10.6. The third-order valence-electron chi connectivity index (χ3n) is 3.06. The minimum Gasteiger partial charge on any atom is -0.469 e. The lowest BCUT2D eigenvalue weighted by Crippen LogP contribution is -2.38. The van der Waals surface area contributed by atoms with Crippen LogP contribution < -0.4 is 0 Å². The van der Waals surface area contributed by atoms with Gasteiger partial charge in [0.25, 0.3) is 0 Å². The Morgan fingerprint density at radius 3 is 2.43 bits per heavy atom. The van der Waals surface area contributed by atoms with E-state index in [-0.39, 0.29) is 5.97 Å². The largest absolute Gasteiger partial charge is 0.469 e. The molecule has 82 valence electrons. The van der Waals surface area contributed by atoms with Crippen LogP contribution in [0.4, 0.5) is 0 Å². The van der Waals surface area contributed by atoms with Gasteiger partial charge in [-0.1, -0.05) is 0 Å². The summed E-state index contributed by atoms with van der Waals surface area (Å²) in [6.07, 6.45) is 2.86. The smallest absolute Gasteiger partial charge is 0.305 e. The molecule has 14 heavy (non-hydrogen) atoms. The number of ether oxygens (including phenoxy) is 1. The summed E-state index contributed by atoms with van der Waals surface area (Å²) in [6, 6.07) is 0.633. The van der Waals surface area contributed by atoms with Crippen LogP contribution in [0.25, 0.3) is 0 Å². The standard InChI is InChI=1S/C11H21NO2/c1-9(2)12-6-4-10(5-7-12)8-11(13)14-3/h9-10H,4-8H2,1-3H3. The van der Waals surface area contributed by atoms with Crippen molar-refractivity contribution in [2.24, 2.45) is 5.92 Å². The van der Waals surface area contributed by atoms with Crippen molar-refractivity contribution < 1.29 is 9.53 Å². The highest BCUT2D eigenvalue weighted by molar-refractivity contribution is 5.69. The van der Waals surface area contributed by atoms with Crippen LogP contribution in [0.2, 0.25) is 0 Å². The maximum absolute atomic E-state index is 11.1. The van der Waals surface area contributed by atoms with Crippen LogP contribution >= 0.6 is 0 Å². The predicted molar refractivity (Wildman–Crippen MR) is 56.1 cm³/mol. The van der Waals surface area contributed by atoms with E-state index >= 15 is 0 Å². The minimum atomic E-state index is -0.0620. The van der Waals surface area contributed by atoms with Gasteiger partial charge in [0.05, 0.1) is 7.11 Å². The van der Waals surface area contributed by atoms with Gasteiger partial charge in [-0.3, -0.25) is 4.79 Å². The summed E-state index contributed by atoms with van der Waals surface area (Å²) in [5, 5.41) is 0. The van der Waals surface area contributed by atoms with Gasteiger partial charge in [-0.25, -0.2) is 0 Å². The Bertz CT molecular complexity index is 184. The van der Waals surface area contributed by atoms with E-state index in [4.69, 9.17) is 0 Å². The SMILES string of the molecule is COC(=O)CC1CCN(C(C)C)CC1. The second-order valence-electron chi connectivity index (χ2n) is 4.35. The molecule has 0 bridgehead atoms. The fraction of sp³-hybridized carbons (Fsp3) is 0.909. The molecule has 0 amide bonds. The third-order valence-corrected chi connectivity index (χ3v) is 3.06. The first-order valence-electron chi connectivity index (χ1n) is 5.44. The van der Waals surface area contributed by atoms with Crippen LogP contribution in [0.15, 0.2) is 0 Å². The highest BCUT2D eigenvalue weighted by Crippen LogP contribution is 2.21. The molecule has 0 atom stereocenters. The summed E-state index contributed by atoms with van der Waals surface area (Å²) >= 11 is 0. The van der Waals surface area contributed by atoms with E-state index in [9.17, 15) is 4.79 Å². The number of hydrogen-bond acceptors (Lipinski definition) is 3. The molecule has 0 saturated carbocycles. The topological polar surface area (TPSA) is 29.5 Å². The lowest BCUT2D eigenvalue weighted by atomic mass is 9.93. The summed E-state index contributed by atoms with van der Waals surface area (Å²) in [5.74, 6) is 0.477. The van der Waals surface area contributed by atoms with Crippen molar-refractivity contribution in [3.63, 3.8) is 0 Å². The van der Waals surface area contributed by atoms with Crippen molar-refractivity contribution in [3.8, 4) is 0 Å². The zero-order valence-corrected chi connectivity index (χ0v) is 9.45. The Hall–Kier alpha value is -0.570. The molecule has 0 spiro atoms. The second-order valence-corrected chi connectivity index (χ2v) is 4.35. The molecular formula is C11H21NO2. The van der Waals surface area contributed by atoms with Gasteiger partial charge < -0.3 is 9.64 Å². The molecule has 3 heteroatoms. The molecular weight excluding hydrogens is 178 g/mol. The van der Waals surface area contributed by atoms with Crippen LogP contribution in [-0.4, -0.2) is 37.1 Å². The number of likely N-dealkylation sites (tertiary alicyclic amines) is 1. The molecule has 1 aliphatic rings. The van der Waals surface area contributed by atoms with Crippen LogP contribution in [0.3, 0.4) is 0 Å². The average Bonchev–Trinajstić information content (AvgIpc) is 2.18. The van der Waals surface area contributed by atoms with E-state index in [1.165, 1.54) is 7.11 Å². The first kappa shape index (κ1) is 11.5. The van der Waals surface area contributed by atoms with Crippen molar-refractivity contribution >= 4 is 5.97 Å². The summed E-state index contributed by atoms with van der Waals surface area (Å²) in [7, 11) is 1.46. The van der Waals surface area contributed by atoms with Crippen LogP contribution in [0.1, 0.15) is 33.1 Å². The third kappa shape index (κ3) is 3.29. The van der Waals surface area contributed by atoms with Crippen LogP contribution in [0.5, 0.6) is 0 Å². The molecule has 1 fully saturated rings. The Kier molecular flexibility index (Phi) is 4.39. The second kappa shape index (κ2) is 5.35. The van der Waals surface area contributed by atoms with Gasteiger partial charge in [0.15, 0.2) is 0 Å². The Morgan fingerprint density at radius 1 is 1.43 bits per heavy atom. The maximum atomic E-state index is 11.1. The highest BCUT2D eigenvalue weighted by atomic mass is 16.5. The van der Waals surface area contributed by atoms with Crippen LogP contribution in [0, 0.1) is 5.92 Å². The first-order valence-corrected chi connectivity index (χ1v) is 5.44. The van der Waals surface area contributed by atoms with Crippen molar-refractivity contribution in [2.45, 2.75) is 39.2 Å². The molecule has 0 unspecified atom stereocenters. The highest BCUT2D eigenvalue weighted by Gasteiger charge is 2.22. The van der Waals surface area contributed by atoms with Gasteiger partial charge in [-0.2, -0.15) is 0 Å². The number of carbonyl (C=O) groups is 1. The molecule has 0 aromatic heterocycles. The molecule has 1 saturated heterocycles. The molecule has 1 heterocycles. The number of esters is 1. The molecule has 0 aromatic rings. The number of rotatable bonds is 3. The maximum Gasteiger partial charge on any atom is 0.305 e. The molecule has 1 aliphatic heterocycles. The number of carbonyl (C=O) groups excluding carboxylic acids is 1. The van der Waals surface area contributed by atoms with Gasteiger partial charge >= 0.3 is 5.97 Å². The zero-order valence-electron chi connectivity index (χ0n) is 9.45. The van der Waals surface area contributed by atoms with Gasteiger partial charge in [-0.15, -0.1) is 0 Å². The number of methoxy groups -OCH3 is 1. The number of hydrogen-bond donors (Lipinski definition) is 0. The Morgan fingerprint density at radius 2 is 2.00 bits per heavy atom. The Labute approximate surface area is 86.4 Å². The summed E-state index contributed by atoms with van der Waals surface area (Å²) in [5.41, 5.74) is 0. The lowest BCUT2D eigenvalue weighted by Gasteiger charge is -2.34. The summed E-state index contributed by atoms with van der Waals surface area (Å²) in [4.78, 5) is 13.5. The molecule has 0 radical (unpaired) electrons. The molecule has 0 aromatic carbocycles. The number of nitrogens with zero attached hydrogens (tertiary/aromatic N) is 1. The van der Waals surface area contributed by atoms with E-state index < -0.39 is 0 Å². The normalized spacial score (nSPS) is 20.0. The fourth-order valence-corrected chi connectivity index (χ4v) is 1.99. The van der Waals surface area contributed by atoms with Crippen molar-refractivity contribution in [1.29, 1.82) is 0 Å². The predicted octanol–water partition coefficient (Wildman–Crippen LogP) is 1.67. The molecule has 0 aliphatic carbocycles. The van der Waals surface area contributed by atoms with Crippen molar-refractivity contribution in [1.82, 2.24) is 4.90 Å². The van der Waals surface area contributed by atoms with E-state index in [1.54, 1.807) is 0 Å².